The van der Waals surface area contributed by atoms with E-state index in [2.05, 4.69) is 18.3 Å². The summed E-state index contributed by atoms with van der Waals surface area (Å²) in [6, 6.07) is 8.45. The van der Waals surface area contributed by atoms with Crippen LogP contribution in [0.15, 0.2) is 24.3 Å². The molecule has 2 N–H and O–H groups in total. The van der Waals surface area contributed by atoms with Crippen molar-refractivity contribution in [3.05, 3.63) is 35.4 Å². The van der Waals surface area contributed by atoms with Crippen LogP contribution in [-0.4, -0.2) is 30.9 Å². The van der Waals surface area contributed by atoms with Gasteiger partial charge in [-0.05, 0) is 37.8 Å². The fourth-order valence-corrected chi connectivity index (χ4v) is 2.55. The standard InChI is InChI=1S/C15H23NO2/c1-3-18-10-12(2)16-11-15(17)9-8-13-6-4-5-7-14(13)15/h4-7,12,16-17H,3,8-11H2,1-2H3. The summed E-state index contributed by atoms with van der Waals surface area (Å²) in [6.45, 7) is 6.10. The van der Waals surface area contributed by atoms with Gasteiger partial charge >= 0.3 is 0 Å². The molecule has 3 heteroatoms. The van der Waals surface area contributed by atoms with Gasteiger partial charge in [-0.3, -0.25) is 0 Å². The molecule has 0 aromatic heterocycles. The molecular weight excluding hydrogens is 226 g/mol. The van der Waals surface area contributed by atoms with Crippen molar-refractivity contribution in [3.63, 3.8) is 0 Å². The van der Waals surface area contributed by atoms with Gasteiger partial charge in [0.1, 0.15) is 5.60 Å². The summed E-state index contributed by atoms with van der Waals surface area (Å²) in [5, 5.41) is 14.1. The first-order chi connectivity index (χ1) is 8.65. The molecule has 0 heterocycles. The lowest BCUT2D eigenvalue weighted by Crippen LogP contribution is -2.42. The van der Waals surface area contributed by atoms with E-state index in [9.17, 15) is 5.11 Å². The van der Waals surface area contributed by atoms with Crippen LogP contribution < -0.4 is 5.32 Å². The van der Waals surface area contributed by atoms with Crippen LogP contribution in [0.4, 0.5) is 0 Å². The summed E-state index contributed by atoms with van der Waals surface area (Å²) in [7, 11) is 0. The third kappa shape index (κ3) is 2.91. The Morgan fingerprint density at radius 2 is 2.22 bits per heavy atom. The molecule has 0 saturated carbocycles. The second-order valence-electron chi connectivity index (χ2n) is 5.13. The number of hydrogen-bond donors (Lipinski definition) is 2. The average Bonchev–Trinajstić information content (AvgIpc) is 2.73. The molecule has 0 saturated heterocycles. The van der Waals surface area contributed by atoms with Gasteiger partial charge in [0.05, 0.1) is 6.61 Å². The second kappa shape index (κ2) is 5.83. The van der Waals surface area contributed by atoms with Crippen molar-refractivity contribution < 1.29 is 9.84 Å². The van der Waals surface area contributed by atoms with E-state index in [4.69, 9.17) is 4.74 Å². The molecule has 0 bridgehead atoms. The molecule has 2 atom stereocenters. The molecule has 1 aliphatic rings. The number of aryl methyl sites for hydroxylation is 1. The Morgan fingerprint density at radius 1 is 1.44 bits per heavy atom. The number of nitrogens with one attached hydrogen (secondary N) is 1. The number of aliphatic hydroxyl groups is 1. The number of benzene rings is 1. The van der Waals surface area contributed by atoms with E-state index in [-0.39, 0.29) is 6.04 Å². The van der Waals surface area contributed by atoms with Gasteiger partial charge in [-0.1, -0.05) is 24.3 Å². The highest BCUT2D eigenvalue weighted by Gasteiger charge is 2.36. The summed E-state index contributed by atoms with van der Waals surface area (Å²) in [6.07, 6.45) is 1.77. The van der Waals surface area contributed by atoms with Gasteiger partial charge in [-0.2, -0.15) is 0 Å². The van der Waals surface area contributed by atoms with Crippen LogP contribution in [0, 0.1) is 0 Å². The zero-order chi connectivity index (χ0) is 13.0. The zero-order valence-corrected chi connectivity index (χ0v) is 11.3. The van der Waals surface area contributed by atoms with E-state index in [1.807, 2.05) is 25.1 Å². The number of hydrogen-bond acceptors (Lipinski definition) is 3. The summed E-state index contributed by atoms with van der Waals surface area (Å²) < 4.78 is 5.37. The highest BCUT2D eigenvalue weighted by Crippen LogP contribution is 2.36. The monoisotopic (exact) mass is 249 g/mol. The maximum absolute atomic E-state index is 10.7. The van der Waals surface area contributed by atoms with Crippen LogP contribution in [0.2, 0.25) is 0 Å². The van der Waals surface area contributed by atoms with Gasteiger partial charge < -0.3 is 15.2 Å². The summed E-state index contributed by atoms with van der Waals surface area (Å²) in [5.74, 6) is 0. The molecule has 0 aliphatic heterocycles. The minimum Gasteiger partial charge on any atom is -0.384 e. The largest absolute Gasteiger partial charge is 0.384 e. The molecule has 2 unspecified atom stereocenters. The number of fused-ring (bicyclic) bond motifs is 1. The third-order valence-electron chi connectivity index (χ3n) is 3.64. The fourth-order valence-electron chi connectivity index (χ4n) is 2.55. The Bertz CT molecular complexity index is 394. The zero-order valence-electron chi connectivity index (χ0n) is 11.3. The molecule has 2 rings (SSSR count). The van der Waals surface area contributed by atoms with Gasteiger partial charge in [0.2, 0.25) is 0 Å². The molecule has 0 amide bonds. The molecule has 1 aromatic rings. The lowest BCUT2D eigenvalue weighted by Gasteiger charge is -2.26. The molecule has 18 heavy (non-hydrogen) atoms. The molecule has 0 spiro atoms. The van der Waals surface area contributed by atoms with Crippen LogP contribution in [-0.2, 0) is 16.8 Å². The van der Waals surface area contributed by atoms with Crippen molar-refractivity contribution in [1.82, 2.24) is 5.32 Å². The molecule has 100 valence electrons. The summed E-state index contributed by atoms with van der Waals surface area (Å²) in [5.41, 5.74) is 1.65. The first-order valence-electron chi connectivity index (χ1n) is 6.77. The van der Waals surface area contributed by atoms with Crippen molar-refractivity contribution in [3.8, 4) is 0 Å². The topological polar surface area (TPSA) is 41.5 Å². The van der Waals surface area contributed by atoms with Gasteiger partial charge in [-0.15, -0.1) is 0 Å². The Balaban J connectivity index is 1.93. The molecule has 0 fully saturated rings. The highest BCUT2D eigenvalue weighted by atomic mass is 16.5. The minimum atomic E-state index is -0.711. The number of ether oxygens (including phenoxy) is 1. The van der Waals surface area contributed by atoms with Crippen LogP contribution >= 0.6 is 0 Å². The average molecular weight is 249 g/mol. The third-order valence-corrected chi connectivity index (χ3v) is 3.64. The molecule has 0 radical (unpaired) electrons. The van der Waals surface area contributed by atoms with E-state index in [0.717, 1.165) is 25.0 Å². The first kappa shape index (κ1) is 13.5. The van der Waals surface area contributed by atoms with Crippen LogP contribution in [0.25, 0.3) is 0 Å². The normalized spacial score (nSPS) is 23.9. The first-order valence-corrected chi connectivity index (χ1v) is 6.77. The van der Waals surface area contributed by atoms with E-state index in [1.165, 1.54) is 5.56 Å². The Hall–Kier alpha value is -0.900. The van der Waals surface area contributed by atoms with E-state index < -0.39 is 5.60 Å². The van der Waals surface area contributed by atoms with E-state index >= 15 is 0 Å². The van der Waals surface area contributed by atoms with Crippen molar-refractivity contribution in [1.29, 1.82) is 0 Å². The smallest absolute Gasteiger partial charge is 0.103 e. The second-order valence-corrected chi connectivity index (χ2v) is 5.13. The summed E-state index contributed by atoms with van der Waals surface area (Å²) >= 11 is 0. The van der Waals surface area contributed by atoms with Crippen molar-refractivity contribution in [2.45, 2.75) is 38.3 Å². The van der Waals surface area contributed by atoms with E-state index in [0.29, 0.717) is 13.2 Å². The summed E-state index contributed by atoms with van der Waals surface area (Å²) in [4.78, 5) is 0. The number of rotatable bonds is 6. The predicted molar refractivity (Wildman–Crippen MR) is 72.6 cm³/mol. The highest BCUT2D eigenvalue weighted by molar-refractivity contribution is 5.37. The maximum atomic E-state index is 10.7. The molecule has 1 aliphatic carbocycles. The maximum Gasteiger partial charge on any atom is 0.103 e. The van der Waals surface area contributed by atoms with Crippen molar-refractivity contribution in [2.24, 2.45) is 0 Å². The fraction of sp³-hybridized carbons (Fsp3) is 0.600. The van der Waals surface area contributed by atoms with E-state index in [1.54, 1.807) is 0 Å². The quantitative estimate of drug-likeness (QED) is 0.808. The van der Waals surface area contributed by atoms with Gasteiger partial charge in [-0.25, -0.2) is 0 Å². The minimum absolute atomic E-state index is 0.265. The van der Waals surface area contributed by atoms with Gasteiger partial charge in [0, 0.05) is 19.2 Å². The Kier molecular flexibility index (Phi) is 4.38. The van der Waals surface area contributed by atoms with Gasteiger partial charge in [0.15, 0.2) is 0 Å². The van der Waals surface area contributed by atoms with Crippen molar-refractivity contribution in [2.75, 3.05) is 19.8 Å². The molecule has 3 nitrogen and oxygen atoms in total. The van der Waals surface area contributed by atoms with Gasteiger partial charge in [0.25, 0.3) is 0 Å². The molecular formula is C15H23NO2. The van der Waals surface area contributed by atoms with Crippen LogP contribution in [0.1, 0.15) is 31.4 Å². The van der Waals surface area contributed by atoms with Crippen LogP contribution in [0.5, 0.6) is 0 Å². The predicted octanol–water partition coefficient (Wildman–Crippen LogP) is 1.83. The lowest BCUT2D eigenvalue weighted by molar-refractivity contribution is 0.0313. The molecule has 1 aromatic carbocycles. The SMILES string of the molecule is CCOCC(C)NCC1(O)CCc2ccccc21. The Morgan fingerprint density at radius 3 is 3.00 bits per heavy atom. The lowest BCUT2D eigenvalue weighted by atomic mass is 9.96. The van der Waals surface area contributed by atoms with Crippen molar-refractivity contribution >= 4 is 0 Å². The van der Waals surface area contributed by atoms with Crippen LogP contribution in [0.3, 0.4) is 0 Å². The Labute approximate surface area is 109 Å².